The highest BCUT2D eigenvalue weighted by atomic mass is 19.1. The average molecular weight is 198 g/mol. The molecule has 0 fully saturated rings. The number of benzene rings is 1. The van der Waals surface area contributed by atoms with Gasteiger partial charge in [-0.15, -0.1) is 0 Å². The van der Waals surface area contributed by atoms with Gasteiger partial charge in [0.25, 0.3) is 0 Å². The van der Waals surface area contributed by atoms with Crippen LogP contribution in [0.1, 0.15) is 11.6 Å². The summed E-state index contributed by atoms with van der Waals surface area (Å²) in [6.07, 6.45) is 0. The summed E-state index contributed by atoms with van der Waals surface area (Å²) in [6, 6.07) is 4.56. The molecule has 1 aromatic rings. The van der Waals surface area contributed by atoms with E-state index in [9.17, 15) is 4.39 Å². The van der Waals surface area contributed by atoms with Crippen LogP contribution in [-0.4, -0.2) is 20.7 Å². The second-order valence-corrected chi connectivity index (χ2v) is 3.06. The van der Waals surface area contributed by atoms with Crippen molar-refractivity contribution in [3.05, 3.63) is 29.6 Å². The molecule has 1 atom stereocenters. The topological polar surface area (TPSA) is 47.3 Å². The number of nitrogens with one attached hydrogen (secondary N) is 1. The van der Waals surface area contributed by atoms with Crippen LogP contribution in [0.2, 0.25) is 0 Å². The minimum atomic E-state index is -0.378. The first-order chi connectivity index (χ1) is 6.69. The molecule has 0 amide bonds. The summed E-state index contributed by atoms with van der Waals surface area (Å²) in [6.45, 7) is 0.617. The van der Waals surface area contributed by atoms with Crippen LogP contribution < -0.4 is 15.8 Å². The lowest BCUT2D eigenvalue weighted by Crippen LogP contribution is -2.23. The number of halogens is 1. The maximum absolute atomic E-state index is 13.3. The first-order valence-electron chi connectivity index (χ1n) is 4.42. The van der Waals surface area contributed by atoms with E-state index in [1.54, 1.807) is 19.2 Å². The molecular formula is C10H15FN2O. The van der Waals surface area contributed by atoms with Crippen molar-refractivity contribution in [2.75, 3.05) is 20.7 Å². The summed E-state index contributed by atoms with van der Waals surface area (Å²) < 4.78 is 18.1. The molecule has 4 heteroatoms. The Kier molecular flexibility index (Phi) is 3.85. The van der Waals surface area contributed by atoms with Gasteiger partial charge in [0, 0.05) is 12.6 Å². The highest BCUT2D eigenvalue weighted by Crippen LogP contribution is 2.20. The Balaban J connectivity index is 2.85. The van der Waals surface area contributed by atoms with Crippen molar-refractivity contribution in [2.45, 2.75) is 6.04 Å². The number of likely N-dealkylation sites (N-methyl/N-ethyl adjacent to an activating group) is 1. The molecular weight excluding hydrogens is 183 g/mol. The molecule has 0 heterocycles. The summed E-state index contributed by atoms with van der Waals surface area (Å²) in [5, 5.41) is 2.94. The molecule has 1 unspecified atom stereocenters. The molecule has 1 rings (SSSR count). The van der Waals surface area contributed by atoms with E-state index in [1.807, 2.05) is 0 Å². The third-order valence-electron chi connectivity index (χ3n) is 2.03. The first-order valence-corrected chi connectivity index (χ1v) is 4.42. The molecule has 14 heavy (non-hydrogen) atoms. The SMILES string of the molecule is CNCC(N)c1ccc(OC)c(F)c1. The normalized spacial score (nSPS) is 12.6. The third kappa shape index (κ3) is 2.43. The van der Waals surface area contributed by atoms with Crippen LogP contribution in [0.25, 0.3) is 0 Å². The van der Waals surface area contributed by atoms with Gasteiger partial charge in [0.15, 0.2) is 11.6 Å². The van der Waals surface area contributed by atoms with E-state index >= 15 is 0 Å². The van der Waals surface area contributed by atoms with E-state index in [-0.39, 0.29) is 17.6 Å². The van der Waals surface area contributed by atoms with Crippen LogP contribution in [0.5, 0.6) is 5.75 Å². The zero-order valence-electron chi connectivity index (χ0n) is 8.38. The Morgan fingerprint density at radius 1 is 1.57 bits per heavy atom. The third-order valence-corrected chi connectivity index (χ3v) is 2.03. The van der Waals surface area contributed by atoms with Gasteiger partial charge in [-0.1, -0.05) is 6.07 Å². The number of methoxy groups -OCH3 is 1. The fourth-order valence-corrected chi connectivity index (χ4v) is 1.25. The van der Waals surface area contributed by atoms with Gasteiger partial charge in [0.05, 0.1) is 7.11 Å². The fraction of sp³-hybridized carbons (Fsp3) is 0.400. The van der Waals surface area contributed by atoms with Crippen molar-refractivity contribution in [1.82, 2.24) is 5.32 Å². The number of nitrogens with two attached hydrogens (primary N) is 1. The zero-order valence-corrected chi connectivity index (χ0v) is 8.38. The predicted molar refractivity (Wildman–Crippen MR) is 53.8 cm³/mol. The Bertz CT molecular complexity index is 304. The number of rotatable bonds is 4. The minimum absolute atomic E-state index is 0.194. The van der Waals surface area contributed by atoms with Crippen LogP contribution in [0.3, 0.4) is 0 Å². The fourth-order valence-electron chi connectivity index (χ4n) is 1.25. The Morgan fingerprint density at radius 2 is 2.29 bits per heavy atom. The highest BCUT2D eigenvalue weighted by Gasteiger charge is 2.08. The van der Waals surface area contributed by atoms with Crippen molar-refractivity contribution in [3.63, 3.8) is 0 Å². The average Bonchev–Trinajstić information content (AvgIpc) is 2.18. The van der Waals surface area contributed by atoms with E-state index < -0.39 is 0 Å². The largest absolute Gasteiger partial charge is 0.494 e. The van der Waals surface area contributed by atoms with Crippen LogP contribution in [0.4, 0.5) is 4.39 Å². The van der Waals surface area contributed by atoms with Gasteiger partial charge in [-0.3, -0.25) is 0 Å². The van der Waals surface area contributed by atoms with Crippen LogP contribution >= 0.6 is 0 Å². The van der Waals surface area contributed by atoms with Crippen molar-refractivity contribution in [2.24, 2.45) is 5.73 Å². The Hall–Kier alpha value is -1.13. The van der Waals surface area contributed by atoms with Gasteiger partial charge in [0.1, 0.15) is 0 Å². The molecule has 0 aliphatic carbocycles. The van der Waals surface area contributed by atoms with Crippen LogP contribution in [0, 0.1) is 5.82 Å². The van der Waals surface area contributed by atoms with E-state index in [0.29, 0.717) is 6.54 Å². The van der Waals surface area contributed by atoms with Gasteiger partial charge in [-0.2, -0.15) is 0 Å². The van der Waals surface area contributed by atoms with E-state index in [0.717, 1.165) is 5.56 Å². The summed E-state index contributed by atoms with van der Waals surface area (Å²) in [4.78, 5) is 0. The monoisotopic (exact) mass is 198 g/mol. The molecule has 0 saturated heterocycles. The zero-order chi connectivity index (χ0) is 10.6. The smallest absolute Gasteiger partial charge is 0.165 e. The standard InChI is InChI=1S/C10H15FN2O/c1-13-6-9(12)7-3-4-10(14-2)8(11)5-7/h3-5,9,13H,6,12H2,1-2H3. The highest BCUT2D eigenvalue weighted by molar-refractivity contribution is 5.30. The van der Waals surface area contributed by atoms with Crippen LogP contribution in [0.15, 0.2) is 18.2 Å². The molecule has 0 radical (unpaired) electrons. The van der Waals surface area contributed by atoms with Gasteiger partial charge < -0.3 is 15.8 Å². The molecule has 0 saturated carbocycles. The number of hydrogen-bond donors (Lipinski definition) is 2. The Labute approximate surface area is 83.1 Å². The molecule has 3 nitrogen and oxygen atoms in total. The molecule has 3 N–H and O–H groups in total. The van der Waals surface area contributed by atoms with E-state index in [1.165, 1.54) is 13.2 Å². The lowest BCUT2D eigenvalue weighted by atomic mass is 10.1. The van der Waals surface area contributed by atoms with Crippen molar-refractivity contribution < 1.29 is 9.13 Å². The van der Waals surface area contributed by atoms with Crippen molar-refractivity contribution in [1.29, 1.82) is 0 Å². The van der Waals surface area contributed by atoms with Crippen molar-refractivity contribution >= 4 is 0 Å². The predicted octanol–water partition coefficient (Wildman–Crippen LogP) is 1.05. The Morgan fingerprint density at radius 3 is 2.79 bits per heavy atom. The summed E-state index contributed by atoms with van der Waals surface area (Å²) in [7, 11) is 3.24. The molecule has 0 bridgehead atoms. The molecule has 1 aromatic carbocycles. The second kappa shape index (κ2) is 4.93. The molecule has 0 spiro atoms. The number of hydrogen-bond acceptors (Lipinski definition) is 3. The lowest BCUT2D eigenvalue weighted by molar-refractivity contribution is 0.386. The van der Waals surface area contributed by atoms with E-state index in [2.05, 4.69) is 5.32 Å². The lowest BCUT2D eigenvalue weighted by Gasteiger charge is -2.12. The molecule has 0 aromatic heterocycles. The summed E-state index contributed by atoms with van der Waals surface area (Å²) in [5.41, 5.74) is 6.56. The van der Waals surface area contributed by atoms with E-state index in [4.69, 9.17) is 10.5 Å². The van der Waals surface area contributed by atoms with Gasteiger partial charge in [0.2, 0.25) is 0 Å². The van der Waals surface area contributed by atoms with Gasteiger partial charge >= 0.3 is 0 Å². The van der Waals surface area contributed by atoms with Gasteiger partial charge in [-0.05, 0) is 24.7 Å². The maximum Gasteiger partial charge on any atom is 0.165 e. The molecule has 0 aliphatic heterocycles. The molecule has 0 aliphatic rings. The quantitative estimate of drug-likeness (QED) is 0.760. The summed E-state index contributed by atoms with van der Waals surface area (Å²) in [5.74, 6) is -0.137. The van der Waals surface area contributed by atoms with Gasteiger partial charge in [-0.25, -0.2) is 4.39 Å². The number of ether oxygens (including phenoxy) is 1. The van der Waals surface area contributed by atoms with Crippen LogP contribution in [-0.2, 0) is 0 Å². The second-order valence-electron chi connectivity index (χ2n) is 3.06. The van der Waals surface area contributed by atoms with Crippen molar-refractivity contribution in [3.8, 4) is 5.75 Å². The maximum atomic E-state index is 13.3. The summed E-state index contributed by atoms with van der Waals surface area (Å²) >= 11 is 0. The molecule has 78 valence electrons. The first kappa shape index (κ1) is 10.9. The minimum Gasteiger partial charge on any atom is -0.494 e.